The minimum Gasteiger partial charge on any atom is -0.323 e. The fourth-order valence-corrected chi connectivity index (χ4v) is 3.77. The molecule has 3 nitrogen and oxygen atoms in total. The van der Waals surface area contributed by atoms with Crippen molar-refractivity contribution in [2.24, 2.45) is 11.1 Å². The average molecular weight is 259 g/mol. The maximum Gasteiger partial charge on any atom is 0.0457 e. The maximum atomic E-state index is 6.55. The van der Waals surface area contributed by atoms with E-state index in [4.69, 9.17) is 5.73 Å². The van der Waals surface area contributed by atoms with Gasteiger partial charge in [-0.3, -0.25) is 9.88 Å². The number of nitrogens with zero attached hydrogens (tertiary/aromatic N) is 2. The normalized spacial score (nSPS) is 26.6. The third-order valence-electron chi connectivity index (χ3n) is 5.15. The van der Waals surface area contributed by atoms with Crippen LogP contribution in [-0.4, -0.2) is 28.5 Å². The number of pyridine rings is 1. The molecule has 1 saturated heterocycles. The van der Waals surface area contributed by atoms with Gasteiger partial charge in [0.2, 0.25) is 0 Å². The fraction of sp³-hybridized carbons (Fsp3) is 0.688. The second-order valence-corrected chi connectivity index (χ2v) is 7.21. The first-order chi connectivity index (χ1) is 8.92. The predicted molar refractivity (Wildman–Crippen MR) is 77.9 cm³/mol. The highest BCUT2D eigenvalue weighted by Crippen LogP contribution is 2.50. The van der Waals surface area contributed by atoms with Gasteiger partial charge in [0, 0.05) is 23.5 Å². The highest BCUT2D eigenvalue weighted by Gasteiger charge is 2.47. The molecule has 0 unspecified atom stereocenters. The maximum absolute atomic E-state index is 6.55. The third-order valence-corrected chi connectivity index (χ3v) is 5.15. The molecule has 1 fully saturated rings. The van der Waals surface area contributed by atoms with Gasteiger partial charge in [-0.1, -0.05) is 6.07 Å². The van der Waals surface area contributed by atoms with E-state index >= 15 is 0 Å². The van der Waals surface area contributed by atoms with Crippen molar-refractivity contribution >= 4 is 0 Å². The summed E-state index contributed by atoms with van der Waals surface area (Å²) in [6.45, 7) is 9.22. The van der Waals surface area contributed by atoms with Gasteiger partial charge in [0.25, 0.3) is 0 Å². The summed E-state index contributed by atoms with van der Waals surface area (Å²) in [5.74, 6) is 0. The second-order valence-electron chi connectivity index (χ2n) is 7.21. The van der Waals surface area contributed by atoms with E-state index in [9.17, 15) is 0 Å². The van der Waals surface area contributed by atoms with E-state index in [1.165, 1.54) is 24.1 Å². The summed E-state index contributed by atoms with van der Waals surface area (Å²) < 4.78 is 0. The summed E-state index contributed by atoms with van der Waals surface area (Å²) in [6, 6.07) is 4.36. The van der Waals surface area contributed by atoms with Gasteiger partial charge in [-0.15, -0.1) is 0 Å². The van der Waals surface area contributed by atoms with Crippen molar-refractivity contribution in [3.63, 3.8) is 0 Å². The molecule has 1 atom stereocenters. The molecular weight excluding hydrogens is 234 g/mol. The molecule has 1 aromatic rings. The molecule has 1 aliphatic heterocycles. The molecule has 2 heterocycles. The summed E-state index contributed by atoms with van der Waals surface area (Å²) in [6.07, 6.45) is 5.36. The van der Waals surface area contributed by atoms with Crippen molar-refractivity contribution in [3.05, 3.63) is 29.6 Å². The first kappa shape index (κ1) is 13.1. The molecule has 104 valence electrons. The van der Waals surface area contributed by atoms with Gasteiger partial charge in [-0.05, 0) is 70.2 Å². The van der Waals surface area contributed by atoms with E-state index in [-0.39, 0.29) is 17.0 Å². The van der Waals surface area contributed by atoms with Crippen LogP contribution in [-0.2, 0) is 6.42 Å². The molecule has 19 heavy (non-hydrogen) atoms. The summed E-state index contributed by atoms with van der Waals surface area (Å²) in [4.78, 5) is 7.12. The van der Waals surface area contributed by atoms with Crippen LogP contribution in [0.4, 0.5) is 0 Å². The molecule has 2 aliphatic rings. The number of piperidine rings is 1. The average Bonchev–Trinajstić information content (AvgIpc) is 2.63. The minimum atomic E-state index is 0.179. The van der Waals surface area contributed by atoms with Crippen molar-refractivity contribution in [2.75, 3.05) is 13.1 Å². The molecule has 0 bridgehead atoms. The second kappa shape index (κ2) is 4.29. The molecule has 3 rings (SSSR count). The Hall–Kier alpha value is -0.930. The minimum absolute atomic E-state index is 0.179. The summed E-state index contributed by atoms with van der Waals surface area (Å²) in [5, 5.41) is 0. The predicted octanol–water partition coefficient (Wildman–Crippen LogP) is 2.52. The Labute approximate surface area is 116 Å². The monoisotopic (exact) mass is 259 g/mol. The quantitative estimate of drug-likeness (QED) is 0.778. The smallest absolute Gasteiger partial charge is 0.0457 e. The molecule has 0 aromatic carbocycles. The molecule has 1 spiro atoms. The highest BCUT2D eigenvalue weighted by molar-refractivity contribution is 5.33. The van der Waals surface area contributed by atoms with Crippen molar-refractivity contribution in [1.82, 2.24) is 9.88 Å². The van der Waals surface area contributed by atoms with Crippen LogP contribution in [0.25, 0.3) is 0 Å². The first-order valence-corrected chi connectivity index (χ1v) is 7.37. The van der Waals surface area contributed by atoms with Gasteiger partial charge in [0.05, 0.1) is 0 Å². The van der Waals surface area contributed by atoms with Crippen LogP contribution in [0.1, 0.15) is 50.9 Å². The van der Waals surface area contributed by atoms with Crippen LogP contribution >= 0.6 is 0 Å². The first-order valence-electron chi connectivity index (χ1n) is 7.37. The Morgan fingerprint density at radius 3 is 2.58 bits per heavy atom. The Bertz CT molecular complexity index is 467. The molecule has 3 heteroatoms. The van der Waals surface area contributed by atoms with Crippen LogP contribution in [0, 0.1) is 5.41 Å². The van der Waals surface area contributed by atoms with Crippen molar-refractivity contribution < 1.29 is 0 Å². The molecule has 0 radical (unpaired) electrons. The number of likely N-dealkylation sites (tertiary alicyclic amines) is 1. The van der Waals surface area contributed by atoms with E-state index in [0.717, 1.165) is 19.5 Å². The van der Waals surface area contributed by atoms with Gasteiger partial charge < -0.3 is 5.73 Å². The summed E-state index contributed by atoms with van der Waals surface area (Å²) in [5.41, 5.74) is 9.61. The number of hydrogen-bond acceptors (Lipinski definition) is 3. The van der Waals surface area contributed by atoms with Crippen molar-refractivity contribution in [1.29, 1.82) is 0 Å². The molecule has 1 aliphatic carbocycles. The largest absolute Gasteiger partial charge is 0.323 e. The van der Waals surface area contributed by atoms with Gasteiger partial charge >= 0.3 is 0 Å². The fourth-order valence-electron chi connectivity index (χ4n) is 3.77. The van der Waals surface area contributed by atoms with Crippen LogP contribution in [0.15, 0.2) is 18.3 Å². The van der Waals surface area contributed by atoms with Crippen molar-refractivity contribution in [3.8, 4) is 0 Å². The molecular formula is C16H25N3. The summed E-state index contributed by atoms with van der Waals surface area (Å²) >= 11 is 0. The summed E-state index contributed by atoms with van der Waals surface area (Å²) in [7, 11) is 0. The lowest BCUT2D eigenvalue weighted by Crippen LogP contribution is -2.51. The molecule has 0 saturated carbocycles. The van der Waals surface area contributed by atoms with Crippen LogP contribution in [0.5, 0.6) is 0 Å². The van der Waals surface area contributed by atoms with Crippen LogP contribution < -0.4 is 5.73 Å². The van der Waals surface area contributed by atoms with E-state index in [1.807, 2.05) is 12.3 Å². The molecule has 2 N–H and O–H groups in total. The number of aromatic nitrogens is 1. The van der Waals surface area contributed by atoms with Gasteiger partial charge in [0.15, 0.2) is 0 Å². The SMILES string of the molecule is CC(C)(C)N1CCC2(CC1)Cc1ncccc1[C@@H]2N. The van der Waals surface area contributed by atoms with Crippen LogP contribution in [0.2, 0.25) is 0 Å². The Morgan fingerprint density at radius 2 is 2.00 bits per heavy atom. The zero-order valence-electron chi connectivity index (χ0n) is 12.3. The number of fused-ring (bicyclic) bond motifs is 1. The zero-order valence-corrected chi connectivity index (χ0v) is 12.3. The number of nitrogens with two attached hydrogens (primary N) is 1. The van der Waals surface area contributed by atoms with Gasteiger partial charge in [-0.25, -0.2) is 0 Å². The van der Waals surface area contributed by atoms with Crippen molar-refractivity contribution in [2.45, 2.75) is 51.6 Å². The highest BCUT2D eigenvalue weighted by atomic mass is 15.2. The molecule has 1 aromatic heterocycles. The number of rotatable bonds is 0. The van der Waals surface area contributed by atoms with Gasteiger partial charge in [0.1, 0.15) is 0 Å². The lowest BCUT2D eigenvalue weighted by atomic mass is 9.72. The van der Waals surface area contributed by atoms with E-state index in [2.05, 4.69) is 36.7 Å². The number of hydrogen-bond donors (Lipinski definition) is 1. The zero-order chi connectivity index (χ0) is 13.7. The van der Waals surface area contributed by atoms with Crippen LogP contribution in [0.3, 0.4) is 0 Å². The Kier molecular flexibility index (Phi) is 2.95. The standard InChI is InChI=1S/C16H25N3/c1-15(2,3)19-9-6-16(7-10-19)11-13-12(14(16)17)5-4-8-18-13/h4-5,8,14H,6-7,9-11,17H2,1-3H3/t14-/m0/s1. The lowest BCUT2D eigenvalue weighted by molar-refractivity contribution is 0.0343. The van der Waals surface area contributed by atoms with Gasteiger partial charge in [-0.2, -0.15) is 0 Å². The van der Waals surface area contributed by atoms with E-state index in [1.54, 1.807) is 0 Å². The molecule has 0 amide bonds. The third kappa shape index (κ3) is 2.09. The Balaban J connectivity index is 1.79. The topological polar surface area (TPSA) is 42.2 Å². The lowest BCUT2D eigenvalue weighted by Gasteiger charge is -2.46. The van der Waals surface area contributed by atoms with E-state index < -0.39 is 0 Å². The van der Waals surface area contributed by atoms with E-state index in [0.29, 0.717) is 0 Å². The Morgan fingerprint density at radius 1 is 1.32 bits per heavy atom.